The lowest BCUT2D eigenvalue weighted by Crippen LogP contribution is -2.10. The van der Waals surface area contributed by atoms with E-state index in [0.717, 1.165) is 13.0 Å². The zero-order chi connectivity index (χ0) is 18.4. The summed E-state index contributed by atoms with van der Waals surface area (Å²) in [5.41, 5.74) is 1.14. The van der Waals surface area contributed by atoms with Crippen molar-refractivity contribution in [1.29, 1.82) is 0 Å². The first-order valence-corrected chi connectivity index (χ1v) is 8.41. The van der Waals surface area contributed by atoms with Crippen molar-refractivity contribution < 1.29 is 13.7 Å². The van der Waals surface area contributed by atoms with Gasteiger partial charge >= 0.3 is 0 Å². The lowest BCUT2D eigenvalue weighted by atomic mass is 10.2. The minimum absolute atomic E-state index is 0.239. The molecule has 136 valence electrons. The molecule has 0 amide bonds. The molecule has 8 heteroatoms. The number of hydrogen-bond acceptors (Lipinski definition) is 7. The molecule has 26 heavy (non-hydrogen) atoms. The summed E-state index contributed by atoms with van der Waals surface area (Å²) < 4.78 is 23.7. The average Bonchev–Trinajstić information content (AvgIpc) is 3.12. The molecule has 7 nitrogen and oxygen atoms in total. The lowest BCUT2D eigenvalue weighted by molar-refractivity contribution is 0.0787. The van der Waals surface area contributed by atoms with Gasteiger partial charge in [0.1, 0.15) is 11.6 Å². The minimum atomic E-state index is -0.317. The molecule has 3 aromatic rings. The van der Waals surface area contributed by atoms with E-state index in [4.69, 9.17) is 9.26 Å². The van der Waals surface area contributed by atoms with Crippen molar-refractivity contribution in [3.8, 4) is 23.0 Å². The summed E-state index contributed by atoms with van der Waals surface area (Å²) in [6, 6.07) is 9.42. The fourth-order valence-electron chi connectivity index (χ4n) is 2.19. The highest BCUT2D eigenvalue weighted by atomic mass is 19.1. The van der Waals surface area contributed by atoms with Crippen LogP contribution in [-0.4, -0.2) is 39.6 Å². The Morgan fingerprint density at radius 2 is 1.92 bits per heavy atom. The molecule has 0 fully saturated rings. The number of halogens is 1. The number of rotatable bonds is 8. The van der Waals surface area contributed by atoms with Crippen molar-refractivity contribution >= 4 is 5.82 Å². The van der Waals surface area contributed by atoms with Crippen molar-refractivity contribution in [2.45, 2.75) is 26.4 Å². The molecular weight excluding hydrogens is 337 g/mol. The molecule has 3 rings (SSSR count). The number of anilines is 1. The van der Waals surface area contributed by atoms with Gasteiger partial charge < -0.3 is 14.6 Å². The molecule has 0 saturated heterocycles. The highest BCUT2D eigenvalue weighted by Crippen LogP contribution is 2.21. The third-order valence-electron chi connectivity index (χ3n) is 3.49. The van der Waals surface area contributed by atoms with Crippen LogP contribution in [0.3, 0.4) is 0 Å². The summed E-state index contributed by atoms with van der Waals surface area (Å²) >= 11 is 0. The van der Waals surface area contributed by atoms with Gasteiger partial charge in [0.15, 0.2) is 5.69 Å². The summed E-state index contributed by atoms with van der Waals surface area (Å²) in [6.45, 7) is 5.47. The van der Waals surface area contributed by atoms with Crippen LogP contribution in [0.4, 0.5) is 10.2 Å². The van der Waals surface area contributed by atoms with Crippen LogP contribution in [0.2, 0.25) is 0 Å². The zero-order valence-corrected chi connectivity index (χ0v) is 14.6. The van der Waals surface area contributed by atoms with E-state index in [1.54, 1.807) is 24.3 Å². The van der Waals surface area contributed by atoms with Gasteiger partial charge in [-0.05, 0) is 56.7 Å². The van der Waals surface area contributed by atoms with E-state index in [0.29, 0.717) is 29.5 Å². The minimum Gasteiger partial charge on any atom is -0.379 e. The molecule has 1 N–H and O–H groups in total. The molecule has 0 atom stereocenters. The first-order valence-electron chi connectivity index (χ1n) is 8.41. The molecule has 1 aromatic carbocycles. The molecule has 0 aliphatic heterocycles. The van der Waals surface area contributed by atoms with Crippen LogP contribution in [0.1, 0.15) is 20.3 Å². The molecule has 0 aliphatic rings. The number of nitrogens with zero attached hydrogens (tertiary/aromatic N) is 4. The van der Waals surface area contributed by atoms with Gasteiger partial charge in [0.25, 0.3) is 5.89 Å². The Bertz CT molecular complexity index is 818. The van der Waals surface area contributed by atoms with Crippen LogP contribution in [0, 0.1) is 5.82 Å². The molecule has 2 heterocycles. The van der Waals surface area contributed by atoms with Crippen LogP contribution in [0.25, 0.3) is 23.0 Å². The number of ether oxygens (including phenoxy) is 1. The van der Waals surface area contributed by atoms with Crippen molar-refractivity contribution in [3.05, 3.63) is 42.2 Å². The first kappa shape index (κ1) is 17.9. The monoisotopic (exact) mass is 357 g/mol. The summed E-state index contributed by atoms with van der Waals surface area (Å²) in [5, 5.41) is 15.3. The van der Waals surface area contributed by atoms with E-state index in [1.165, 1.54) is 12.1 Å². The number of hydrogen-bond donors (Lipinski definition) is 1. The Balaban J connectivity index is 1.58. The Kier molecular flexibility index (Phi) is 5.85. The zero-order valence-electron chi connectivity index (χ0n) is 14.6. The Morgan fingerprint density at radius 1 is 1.12 bits per heavy atom. The summed E-state index contributed by atoms with van der Waals surface area (Å²) in [7, 11) is 0. The smallest absolute Gasteiger partial charge is 0.278 e. The number of nitrogens with one attached hydrogen (secondary N) is 1. The topological polar surface area (TPSA) is 86.0 Å². The molecule has 0 unspecified atom stereocenters. The van der Waals surface area contributed by atoms with E-state index in [9.17, 15) is 4.39 Å². The third-order valence-corrected chi connectivity index (χ3v) is 3.49. The highest BCUT2D eigenvalue weighted by Gasteiger charge is 2.12. The first-order chi connectivity index (χ1) is 12.6. The van der Waals surface area contributed by atoms with E-state index in [2.05, 4.69) is 25.7 Å². The van der Waals surface area contributed by atoms with Gasteiger partial charge in [0.05, 0.1) is 6.10 Å². The second-order valence-corrected chi connectivity index (χ2v) is 5.93. The molecule has 0 bridgehead atoms. The SMILES string of the molecule is CC(C)OCCCNc1ccc(-c2nc(-c3ccc(F)cc3)no2)nn1. The molecule has 2 aromatic heterocycles. The fourth-order valence-corrected chi connectivity index (χ4v) is 2.19. The lowest BCUT2D eigenvalue weighted by Gasteiger charge is -2.08. The molecule has 0 saturated carbocycles. The Morgan fingerprint density at radius 3 is 2.62 bits per heavy atom. The summed E-state index contributed by atoms with van der Waals surface area (Å²) in [6.07, 6.45) is 1.12. The van der Waals surface area contributed by atoms with Crippen molar-refractivity contribution in [3.63, 3.8) is 0 Å². The van der Waals surface area contributed by atoms with Gasteiger partial charge in [-0.1, -0.05) is 5.16 Å². The van der Waals surface area contributed by atoms with Crippen molar-refractivity contribution in [2.24, 2.45) is 0 Å². The van der Waals surface area contributed by atoms with Gasteiger partial charge in [-0.3, -0.25) is 0 Å². The second kappa shape index (κ2) is 8.48. The van der Waals surface area contributed by atoms with E-state index < -0.39 is 0 Å². The van der Waals surface area contributed by atoms with E-state index in [-0.39, 0.29) is 17.8 Å². The van der Waals surface area contributed by atoms with Gasteiger partial charge in [-0.15, -0.1) is 10.2 Å². The van der Waals surface area contributed by atoms with Crippen molar-refractivity contribution in [2.75, 3.05) is 18.5 Å². The molecular formula is C18H20FN5O2. The predicted octanol–water partition coefficient (Wildman–Crippen LogP) is 3.56. The third kappa shape index (κ3) is 4.82. The predicted molar refractivity (Wildman–Crippen MR) is 94.9 cm³/mol. The van der Waals surface area contributed by atoms with Gasteiger partial charge in [-0.25, -0.2) is 4.39 Å². The van der Waals surface area contributed by atoms with Crippen LogP contribution in [-0.2, 0) is 4.74 Å². The quantitative estimate of drug-likeness (QED) is 0.617. The standard InChI is InChI=1S/C18H20FN5O2/c1-12(2)25-11-3-10-20-16-9-8-15(22-23-16)18-21-17(24-26-18)13-4-6-14(19)7-5-13/h4-9,12H,3,10-11H2,1-2H3,(H,20,23). The number of aromatic nitrogens is 4. The maximum Gasteiger partial charge on any atom is 0.278 e. The Hall–Kier alpha value is -2.87. The highest BCUT2D eigenvalue weighted by molar-refractivity contribution is 5.57. The maximum atomic E-state index is 13.0. The molecule has 0 radical (unpaired) electrons. The molecule has 0 aliphatic carbocycles. The maximum absolute atomic E-state index is 13.0. The summed E-state index contributed by atoms with van der Waals surface area (Å²) in [5.74, 6) is 0.974. The fraction of sp³-hybridized carbons (Fsp3) is 0.333. The normalized spacial score (nSPS) is 11.1. The largest absolute Gasteiger partial charge is 0.379 e. The van der Waals surface area contributed by atoms with Gasteiger partial charge in [0, 0.05) is 18.7 Å². The molecule has 0 spiro atoms. The summed E-state index contributed by atoms with van der Waals surface area (Å²) in [4.78, 5) is 4.27. The van der Waals surface area contributed by atoms with Crippen LogP contribution >= 0.6 is 0 Å². The van der Waals surface area contributed by atoms with E-state index >= 15 is 0 Å². The van der Waals surface area contributed by atoms with E-state index in [1.807, 2.05) is 13.8 Å². The van der Waals surface area contributed by atoms with Gasteiger partial charge in [0.2, 0.25) is 5.82 Å². The Labute approximate surface area is 150 Å². The van der Waals surface area contributed by atoms with Crippen LogP contribution in [0.15, 0.2) is 40.9 Å². The van der Waals surface area contributed by atoms with Crippen molar-refractivity contribution in [1.82, 2.24) is 20.3 Å². The second-order valence-electron chi connectivity index (χ2n) is 5.93. The van der Waals surface area contributed by atoms with Crippen LogP contribution < -0.4 is 5.32 Å². The van der Waals surface area contributed by atoms with Gasteiger partial charge in [-0.2, -0.15) is 4.98 Å². The van der Waals surface area contributed by atoms with Crippen LogP contribution in [0.5, 0.6) is 0 Å². The number of benzene rings is 1. The average molecular weight is 357 g/mol.